The highest BCUT2D eigenvalue weighted by molar-refractivity contribution is 5.36. The van der Waals surface area contributed by atoms with Crippen molar-refractivity contribution in [1.82, 2.24) is 0 Å². The molecule has 0 saturated heterocycles. The second kappa shape index (κ2) is 5.83. The van der Waals surface area contributed by atoms with Crippen LogP contribution in [0.5, 0.6) is 0 Å². The van der Waals surface area contributed by atoms with Crippen molar-refractivity contribution >= 4 is 5.69 Å². The van der Waals surface area contributed by atoms with Gasteiger partial charge in [0.05, 0.1) is 18.1 Å². The minimum absolute atomic E-state index is 0.0187. The van der Waals surface area contributed by atoms with Gasteiger partial charge in [-0.15, -0.1) is 12.3 Å². The quantitative estimate of drug-likeness (QED) is 0.333. The minimum Gasteiger partial charge on any atom is -0.376 e. The Kier molecular flexibility index (Phi) is 4.42. The van der Waals surface area contributed by atoms with E-state index >= 15 is 0 Å². The molecule has 4 nitrogen and oxygen atoms in total. The number of nitro benzene ring substituents is 1. The predicted molar refractivity (Wildman–Crippen MR) is 56.2 cm³/mol. The van der Waals surface area contributed by atoms with E-state index in [4.69, 9.17) is 11.2 Å². The topological polar surface area (TPSA) is 52.4 Å². The molecule has 1 aromatic rings. The summed E-state index contributed by atoms with van der Waals surface area (Å²) in [5.41, 5.74) is -0.385. The van der Waals surface area contributed by atoms with Crippen LogP contribution in [0, 0.1) is 28.3 Å². The Hall–Kier alpha value is -1.93. The number of nitro groups is 1. The fourth-order valence-electron chi connectivity index (χ4n) is 1.13. The number of hydrogen-bond acceptors (Lipinski definition) is 3. The molecule has 1 aromatic carbocycles. The van der Waals surface area contributed by atoms with E-state index in [2.05, 4.69) is 5.92 Å². The highest BCUT2D eigenvalue weighted by atomic mass is 19.1. The molecule has 0 aliphatic rings. The number of hydrogen-bond donors (Lipinski definition) is 0. The fourth-order valence-corrected chi connectivity index (χ4v) is 1.13. The summed E-state index contributed by atoms with van der Waals surface area (Å²) in [4.78, 5) is 9.68. The zero-order valence-electron chi connectivity index (χ0n) is 8.48. The summed E-state index contributed by atoms with van der Waals surface area (Å²) in [6.07, 6.45) is 5.44. The van der Waals surface area contributed by atoms with Crippen molar-refractivity contribution in [3.63, 3.8) is 0 Å². The van der Waals surface area contributed by atoms with Crippen LogP contribution in [0.3, 0.4) is 0 Å². The van der Waals surface area contributed by atoms with Crippen LogP contribution in [0.1, 0.15) is 12.0 Å². The van der Waals surface area contributed by atoms with Crippen molar-refractivity contribution in [1.29, 1.82) is 0 Å². The number of ether oxygens (including phenoxy) is 1. The lowest BCUT2D eigenvalue weighted by molar-refractivity contribution is -0.387. The number of benzene rings is 1. The van der Waals surface area contributed by atoms with E-state index in [0.717, 1.165) is 6.07 Å². The first-order chi connectivity index (χ1) is 7.66. The molecule has 0 aliphatic carbocycles. The summed E-state index contributed by atoms with van der Waals surface area (Å²) in [6, 6.07) is 3.97. The van der Waals surface area contributed by atoms with E-state index in [1.807, 2.05) is 0 Å². The maximum absolute atomic E-state index is 13.5. The van der Waals surface area contributed by atoms with Crippen LogP contribution in [0.4, 0.5) is 10.1 Å². The van der Waals surface area contributed by atoms with Gasteiger partial charge in [-0.1, -0.05) is 12.1 Å². The normalized spacial score (nSPS) is 9.75. The molecule has 0 atom stereocenters. The highest BCUT2D eigenvalue weighted by Gasteiger charge is 2.16. The Morgan fingerprint density at radius 3 is 2.94 bits per heavy atom. The SMILES string of the molecule is C#CCCOCc1cccc([N+](=O)[O-])c1F. The van der Waals surface area contributed by atoms with Crippen LogP contribution in [0.15, 0.2) is 18.2 Å². The molecule has 84 valence electrons. The van der Waals surface area contributed by atoms with Crippen LogP contribution in [-0.2, 0) is 11.3 Å². The first-order valence-corrected chi connectivity index (χ1v) is 4.59. The maximum atomic E-state index is 13.5. The van der Waals surface area contributed by atoms with E-state index in [1.54, 1.807) is 0 Å². The second-order valence-electron chi connectivity index (χ2n) is 3.01. The van der Waals surface area contributed by atoms with Gasteiger partial charge in [-0.3, -0.25) is 10.1 Å². The average molecular weight is 223 g/mol. The monoisotopic (exact) mass is 223 g/mol. The Morgan fingerprint density at radius 2 is 2.31 bits per heavy atom. The van der Waals surface area contributed by atoms with Gasteiger partial charge >= 0.3 is 5.69 Å². The fraction of sp³-hybridized carbons (Fsp3) is 0.273. The molecule has 0 aliphatic heterocycles. The van der Waals surface area contributed by atoms with Gasteiger partial charge in [0.15, 0.2) is 0 Å². The van der Waals surface area contributed by atoms with Crippen molar-refractivity contribution < 1.29 is 14.1 Å². The molecule has 0 spiro atoms. The second-order valence-corrected chi connectivity index (χ2v) is 3.01. The van der Waals surface area contributed by atoms with Gasteiger partial charge in [-0.05, 0) is 0 Å². The zero-order valence-corrected chi connectivity index (χ0v) is 8.48. The summed E-state index contributed by atoms with van der Waals surface area (Å²) in [5.74, 6) is 1.52. The molecule has 0 unspecified atom stereocenters. The molecular formula is C11H10FNO3. The third-order valence-corrected chi connectivity index (χ3v) is 1.90. The van der Waals surface area contributed by atoms with Gasteiger partial charge in [0, 0.05) is 18.1 Å². The third kappa shape index (κ3) is 3.04. The summed E-state index contributed by atoms with van der Waals surface area (Å²) in [7, 11) is 0. The lowest BCUT2D eigenvalue weighted by atomic mass is 10.2. The van der Waals surface area contributed by atoms with Gasteiger partial charge in [0.1, 0.15) is 0 Å². The molecule has 1 rings (SSSR count). The zero-order chi connectivity index (χ0) is 12.0. The van der Waals surface area contributed by atoms with Crippen LogP contribution >= 0.6 is 0 Å². The lowest BCUT2D eigenvalue weighted by Gasteiger charge is -2.03. The molecule has 0 fully saturated rings. The van der Waals surface area contributed by atoms with Crippen molar-refractivity contribution in [2.24, 2.45) is 0 Å². The summed E-state index contributed by atoms with van der Waals surface area (Å²) in [6.45, 7) is 0.286. The number of nitrogens with zero attached hydrogens (tertiary/aromatic N) is 1. The van der Waals surface area contributed by atoms with Crippen LogP contribution in [0.25, 0.3) is 0 Å². The molecule has 0 bridgehead atoms. The lowest BCUT2D eigenvalue weighted by Crippen LogP contribution is -2.00. The number of halogens is 1. The van der Waals surface area contributed by atoms with E-state index in [9.17, 15) is 14.5 Å². The van der Waals surface area contributed by atoms with Crippen molar-refractivity contribution in [2.45, 2.75) is 13.0 Å². The van der Waals surface area contributed by atoms with E-state index in [1.165, 1.54) is 12.1 Å². The van der Waals surface area contributed by atoms with Crippen LogP contribution < -0.4 is 0 Å². The molecule has 0 heterocycles. The summed E-state index contributed by atoms with van der Waals surface area (Å²) >= 11 is 0. The van der Waals surface area contributed by atoms with Crippen molar-refractivity contribution in [2.75, 3.05) is 6.61 Å². The van der Waals surface area contributed by atoms with Crippen LogP contribution in [0.2, 0.25) is 0 Å². The van der Waals surface area contributed by atoms with E-state index in [-0.39, 0.29) is 12.2 Å². The van der Waals surface area contributed by atoms with Gasteiger partial charge in [0.25, 0.3) is 0 Å². The predicted octanol–water partition coefficient (Wildman–Crippen LogP) is 2.27. The standard InChI is InChI=1S/C11H10FNO3/c1-2-3-7-16-8-9-5-4-6-10(11(9)12)13(14)15/h1,4-6H,3,7-8H2. The van der Waals surface area contributed by atoms with Gasteiger partial charge in [-0.25, -0.2) is 0 Å². The Labute approximate surface area is 92.2 Å². The number of terminal acetylenes is 1. The van der Waals surface area contributed by atoms with Gasteiger partial charge in [-0.2, -0.15) is 4.39 Å². The van der Waals surface area contributed by atoms with Crippen molar-refractivity contribution in [3.05, 3.63) is 39.7 Å². The Bertz CT molecular complexity index is 426. The third-order valence-electron chi connectivity index (χ3n) is 1.90. The molecule has 0 amide bonds. The number of rotatable bonds is 5. The van der Waals surface area contributed by atoms with Gasteiger partial charge in [0.2, 0.25) is 5.82 Å². The molecule has 0 saturated carbocycles. The first kappa shape index (κ1) is 12.1. The van der Waals surface area contributed by atoms with Gasteiger partial charge < -0.3 is 4.74 Å². The van der Waals surface area contributed by atoms with E-state index < -0.39 is 16.4 Å². The molecule has 16 heavy (non-hydrogen) atoms. The summed E-state index contributed by atoms with van der Waals surface area (Å²) < 4.78 is 18.5. The molecule has 5 heteroatoms. The molecule has 0 radical (unpaired) electrons. The molecular weight excluding hydrogens is 213 g/mol. The molecule has 0 N–H and O–H groups in total. The van der Waals surface area contributed by atoms with Crippen LogP contribution in [-0.4, -0.2) is 11.5 Å². The largest absolute Gasteiger partial charge is 0.376 e. The first-order valence-electron chi connectivity index (χ1n) is 4.59. The van der Waals surface area contributed by atoms with E-state index in [0.29, 0.717) is 13.0 Å². The Balaban J connectivity index is 2.70. The Morgan fingerprint density at radius 1 is 1.56 bits per heavy atom. The minimum atomic E-state index is -0.854. The molecule has 0 aromatic heterocycles. The average Bonchev–Trinajstić information content (AvgIpc) is 2.26. The smallest absolute Gasteiger partial charge is 0.305 e. The summed E-state index contributed by atoms with van der Waals surface area (Å²) in [5, 5.41) is 10.4. The maximum Gasteiger partial charge on any atom is 0.305 e. The highest BCUT2D eigenvalue weighted by Crippen LogP contribution is 2.20. The van der Waals surface area contributed by atoms with Crippen molar-refractivity contribution in [3.8, 4) is 12.3 Å².